The maximum absolute atomic E-state index is 13.0. The molecule has 3 rings (SSSR count). The quantitative estimate of drug-likeness (QED) is 0.926. The van der Waals surface area contributed by atoms with Crippen LogP contribution in [0.4, 0.5) is 4.39 Å². The Morgan fingerprint density at radius 3 is 2.62 bits per heavy atom. The van der Waals surface area contributed by atoms with Crippen LogP contribution in [0.15, 0.2) is 24.3 Å². The summed E-state index contributed by atoms with van der Waals surface area (Å²) in [5.41, 5.74) is 2.40. The number of hydrogen-bond donors (Lipinski definition) is 1. The number of nitrogens with zero attached hydrogens (tertiary/aromatic N) is 1. The first-order valence-electron chi connectivity index (χ1n) is 7.70. The van der Waals surface area contributed by atoms with Crippen molar-refractivity contribution in [1.29, 1.82) is 0 Å². The second-order valence-electron chi connectivity index (χ2n) is 5.60. The monoisotopic (exact) mass is 304 g/mol. The van der Waals surface area contributed by atoms with Crippen molar-refractivity contribution >= 4 is 11.3 Å². The molecule has 2 heterocycles. The minimum absolute atomic E-state index is 0.178. The van der Waals surface area contributed by atoms with E-state index >= 15 is 0 Å². The van der Waals surface area contributed by atoms with Gasteiger partial charge < -0.3 is 5.32 Å². The smallest absolute Gasteiger partial charge is 0.123 e. The summed E-state index contributed by atoms with van der Waals surface area (Å²) in [7, 11) is 0. The van der Waals surface area contributed by atoms with Crippen molar-refractivity contribution in [2.24, 2.45) is 0 Å². The van der Waals surface area contributed by atoms with Crippen LogP contribution in [0.3, 0.4) is 0 Å². The van der Waals surface area contributed by atoms with E-state index < -0.39 is 0 Å². The average molecular weight is 304 g/mol. The summed E-state index contributed by atoms with van der Waals surface area (Å²) >= 11 is 1.86. The molecule has 0 bridgehead atoms. The van der Waals surface area contributed by atoms with Crippen molar-refractivity contribution in [3.63, 3.8) is 0 Å². The first-order chi connectivity index (χ1) is 10.3. The van der Waals surface area contributed by atoms with Gasteiger partial charge in [-0.1, -0.05) is 19.1 Å². The van der Waals surface area contributed by atoms with Gasteiger partial charge in [0.2, 0.25) is 0 Å². The van der Waals surface area contributed by atoms with Crippen molar-refractivity contribution in [2.45, 2.75) is 38.5 Å². The summed E-state index contributed by atoms with van der Waals surface area (Å²) in [4.78, 5) is 6.31. The molecule has 21 heavy (non-hydrogen) atoms. The van der Waals surface area contributed by atoms with Gasteiger partial charge >= 0.3 is 0 Å². The van der Waals surface area contributed by atoms with E-state index in [1.54, 1.807) is 0 Å². The Labute approximate surface area is 129 Å². The normalized spacial score (nSPS) is 16.3. The molecule has 1 N–H and O–H groups in total. The Balaban J connectivity index is 1.79. The number of thiazole rings is 1. The van der Waals surface area contributed by atoms with Gasteiger partial charge in [0.15, 0.2) is 0 Å². The lowest BCUT2D eigenvalue weighted by atomic mass is 9.95. The van der Waals surface area contributed by atoms with Gasteiger partial charge in [-0.15, -0.1) is 11.3 Å². The van der Waals surface area contributed by atoms with Gasteiger partial charge in [0, 0.05) is 11.3 Å². The Kier molecular flexibility index (Phi) is 4.66. The first kappa shape index (κ1) is 14.7. The van der Waals surface area contributed by atoms with Crippen LogP contribution in [0, 0.1) is 5.82 Å². The first-order valence-corrected chi connectivity index (χ1v) is 8.51. The third kappa shape index (κ3) is 3.50. The van der Waals surface area contributed by atoms with E-state index in [1.807, 2.05) is 23.5 Å². The SMILES string of the molecule is CCc1nc(Cc2ccc(F)cc2)sc1C1CCNCC1. The molecule has 1 aromatic carbocycles. The summed E-state index contributed by atoms with van der Waals surface area (Å²) in [6.45, 7) is 4.40. The number of aromatic nitrogens is 1. The van der Waals surface area contributed by atoms with Crippen molar-refractivity contribution in [1.82, 2.24) is 10.3 Å². The maximum atomic E-state index is 13.0. The highest BCUT2D eigenvalue weighted by atomic mass is 32.1. The summed E-state index contributed by atoms with van der Waals surface area (Å²) in [5.74, 6) is 0.489. The van der Waals surface area contributed by atoms with E-state index in [1.165, 1.54) is 35.5 Å². The fraction of sp³-hybridized carbons (Fsp3) is 0.471. The zero-order valence-corrected chi connectivity index (χ0v) is 13.2. The lowest BCUT2D eigenvalue weighted by Gasteiger charge is -2.22. The fourth-order valence-corrected chi connectivity index (χ4v) is 4.28. The van der Waals surface area contributed by atoms with E-state index in [2.05, 4.69) is 12.2 Å². The van der Waals surface area contributed by atoms with Crippen molar-refractivity contribution < 1.29 is 4.39 Å². The van der Waals surface area contributed by atoms with Gasteiger partial charge in [0.05, 0.1) is 10.7 Å². The molecule has 0 saturated carbocycles. The molecule has 0 amide bonds. The highest BCUT2D eigenvalue weighted by Gasteiger charge is 2.21. The number of halogens is 1. The minimum Gasteiger partial charge on any atom is -0.317 e. The van der Waals surface area contributed by atoms with Crippen LogP contribution in [0.2, 0.25) is 0 Å². The molecule has 1 aromatic heterocycles. The van der Waals surface area contributed by atoms with E-state index in [0.717, 1.165) is 36.5 Å². The topological polar surface area (TPSA) is 24.9 Å². The van der Waals surface area contributed by atoms with Crippen LogP contribution in [-0.4, -0.2) is 18.1 Å². The highest BCUT2D eigenvalue weighted by molar-refractivity contribution is 7.11. The standard InChI is InChI=1S/C17H21FN2S/c1-2-15-17(13-7-9-19-10-8-13)21-16(20-15)11-12-3-5-14(18)6-4-12/h3-6,13,19H,2,7-11H2,1H3. The van der Waals surface area contributed by atoms with E-state index in [0.29, 0.717) is 5.92 Å². The second-order valence-corrected chi connectivity index (χ2v) is 6.71. The maximum Gasteiger partial charge on any atom is 0.123 e. The third-order valence-corrected chi connectivity index (χ3v) is 5.35. The lowest BCUT2D eigenvalue weighted by Crippen LogP contribution is -2.26. The molecule has 0 atom stereocenters. The summed E-state index contributed by atoms with van der Waals surface area (Å²) in [6, 6.07) is 6.76. The van der Waals surface area contributed by atoms with E-state index in [4.69, 9.17) is 4.98 Å². The van der Waals surface area contributed by atoms with Crippen LogP contribution in [0.1, 0.15) is 46.8 Å². The molecule has 0 aliphatic carbocycles. The molecule has 112 valence electrons. The molecule has 0 spiro atoms. The van der Waals surface area contributed by atoms with Crippen LogP contribution in [0.5, 0.6) is 0 Å². The molecular formula is C17H21FN2S. The molecular weight excluding hydrogens is 283 g/mol. The molecule has 2 nitrogen and oxygen atoms in total. The van der Waals surface area contributed by atoms with Crippen molar-refractivity contribution in [2.75, 3.05) is 13.1 Å². The van der Waals surface area contributed by atoms with Gasteiger partial charge in [0.1, 0.15) is 5.82 Å². The molecule has 4 heteroatoms. The molecule has 1 fully saturated rings. The van der Waals surface area contributed by atoms with Gasteiger partial charge in [-0.25, -0.2) is 9.37 Å². The Hall–Kier alpha value is -1.26. The summed E-state index contributed by atoms with van der Waals surface area (Å²) in [5, 5.41) is 4.58. The van der Waals surface area contributed by atoms with Gasteiger partial charge in [-0.3, -0.25) is 0 Å². The molecule has 1 saturated heterocycles. The second kappa shape index (κ2) is 6.67. The van der Waals surface area contributed by atoms with Gasteiger partial charge in [-0.2, -0.15) is 0 Å². The molecule has 0 unspecified atom stereocenters. The highest BCUT2D eigenvalue weighted by Crippen LogP contribution is 2.34. The van der Waals surface area contributed by atoms with Gasteiger partial charge in [-0.05, 0) is 56.0 Å². The lowest BCUT2D eigenvalue weighted by molar-refractivity contribution is 0.463. The van der Waals surface area contributed by atoms with Gasteiger partial charge in [0.25, 0.3) is 0 Å². The minimum atomic E-state index is -0.178. The Morgan fingerprint density at radius 1 is 1.24 bits per heavy atom. The molecule has 2 aromatic rings. The number of benzene rings is 1. The Morgan fingerprint density at radius 2 is 1.95 bits per heavy atom. The van der Waals surface area contributed by atoms with Crippen LogP contribution in [-0.2, 0) is 12.8 Å². The van der Waals surface area contributed by atoms with Crippen molar-refractivity contribution in [3.8, 4) is 0 Å². The van der Waals surface area contributed by atoms with Crippen LogP contribution < -0.4 is 5.32 Å². The predicted octanol–water partition coefficient (Wildman–Crippen LogP) is 3.90. The fourth-order valence-electron chi connectivity index (χ4n) is 2.92. The number of rotatable bonds is 4. The largest absolute Gasteiger partial charge is 0.317 e. The number of hydrogen-bond acceptors (Lipinski definition) is 3. The number of nitrogens with one attached hydrogen (secondary N) is 1. The molecule has 0 radical (unpaired) electrons. The zero-order valence-electron chi connectivity index (χ0n) is 12.4. The number of aryl methyl sites for hydroxylation is 1. The third-order valence-electron chi connectivity index (χ3n) is 4.09. The summed E-state index contributed by atoms with van der Waals surface area (Å²) < 4.78 is 13.0. The zero-order chi connectivity index (χ0) is 14.7. The average Bonchev–Trinajstić information content (AvgIpc) is 2.93. The summed E-state index contributed by atoms with van der Waals surface area (Å²) in [6.07, 6.45) is 4.23. The number of piperidine rings is 1. The molecule has 1 aliphatic heterocycles. The predicted molar refractivity (Wildman–Crippen MR) is 85.5 cm³/mol. The van der Waals surface area contributed by atoms with E-state index in [9.17, 15) is 4.39 Å². The van der Waals surface area contributed by atoms with E-state index in [-0.39, 0.29) is 5.82 Å². The van der Waals surface area contributed by atoms with Crippen LogP contribution in [0.25, 0.3) is 0 Å². The van der Waals surface area contributed by atoms with Crippen molar-refractivity contribution in [3.05, 3.63) is 51.2 Å². The van der Waals surface area contributed by atoms with Crippen LogP contribution >= 0.6 is 11.3 Å². The molecule has 1 aliphatic rings. The Bertz CT molecular complexity index is 585.